The van der Waals surface area contributed by atoms with Crippen LogP contribution >= 0.6 is 0 Å². The van der Waals surface area contributed by atoms with Crippen LogP contribution in [-0.4, -0.2) is 24.2 Å². The van der Waals surface area contributed by atoms with E-state index >= 15 is 0 Å². The molecular formula is C10H12FNO3. The van der Waals surface area contributed by atoms with Gasteiger partial charge in [0.05, 0.1) is 7.11 Å². The molecule has 0 heterocycles. The molecule has 0 aliphatic heterocycles. The van der Waals surface area contributed by atoms with E-state index in [1.807, 2.05) is 0 Å². The van der Waals surface area contributed by atoms with E-state index in [9.17, 15) is 14.3 Å². The van der Waals surface area contributed by atoms with Gasteiger partial charge in [-0.3, -0.25) is 4.79 Å². The van der Waals surface area contributed by atoms with E-state index in [1.54, 1.807) is 0 Å². The van der Waals surface area contributed by atoms with Crippen LogP contribution in [0.25, 0.3) is 0 Å². The van der Waals surface area contributed by atoms with Crippen molar-refractivity contribution in [3.8, 4) is 5.75 Å². The summed E-state index contributed by atoms with van der Waals surface area (Å²) in [5, 5.41) is 9.36. The summed E-state index contributed by atoms with van der Waals surface area (Å²) in [6.45, 7) is 0. The molecule has 0 unspecified atom stereocenters. The highest BCUT2D eigenvalue weighted by molar-refractivity contribution is 5.75. The number of phenolic OH excluding ortho intramolecular Hbond substituents is 1. The third-order valence-electron chi connectivity index (χ3n) is 1.99. The number of ether oxygens (including phenoxy) is 1. The van der Waals surface area contributed by atoms with Gasteiger partial charge in [-0.25, -0.2) is 4.39 Å². The van der Waals surface area contributed by atoms with Crippen molar-refractivity contribution in [1.29, 1.82) is 0 Å². The standard InChI is InChI=1S/C10H12FNO3/c1-15-10(14)8(12)5-6-4-7(11)2-3-9(6)13/h2-4,8,13H,5,12H2,1H3/t8-/m1/s1. The Morgan fingerprint density at radius 3 is 2.93 bits per heavy atom. The predicted octanol–water partition coefficient (Wildman–Crippen LogP) is 0.574. The highest BCUT2D eigenvalue weighted by Gasteiger charge is 2.16. The number of methoxy groups -OCH3 is 1. The van der Waals surface area contributed by atoms with Gasteiger partial charge in [0.15, 0.2) is 0 Å². The van der Waals surface area contributed by atoms with Gasteiger partial charge in [-0.1, -0.05) is 0 Å². The third kappa shape index (κ3) is 2.92. The molecule has 1 rings (SSSR count). The Morgan fingerprint density at radius 2 is 2.33 bits per heavy atom. The van der Waals surface area contributed by atoms with Crippen molar-refractivity contribution in [2.75, 3.05) is 7.11 Å². The molecule has 0 saturated heterocycles. The molecular weight excluding hydrogens is 201 g/mol. The fourth-order valence-electron chi connectivity index (χ4n) is 1.19. The Bertz CT molecular complexity index is 368. The molecule has 1 aromatic carbocycles. The first-order chi connectivity index (χ1) is 7.04. The van der Waals surface area contributed by atoms with Crippen LogP contribution in [0.5, 0.6) is 5.75 Å². The molecule has 82 valence electrons. The molecule has 0 aromatic heterocycles. The minimum absolute atomic E-state index is 0.0380. The average molecular weight is 213 g/mol. The van der Waals surface area contributed by atoms with Crippen molar-refractivity contribution >= 4 is 5.97 Å². The van der Waals surface area contributed by atoms with E-state index in [0.717, 1.165) is 12.1 Å². The lowest BCUT2D eigenvalue weighted by Crippen LogP contribution is -2.33. The Hall–Kier alpha value is -1.62. The van der Waals surface area contributed by atoms with Crippen LogP contribution in [-0.2, 0) is 16.0 Å². The topological polar surface area (TPSA) is 72.5 Å². The molecule has 0 bridgehead atoms. The molecule has 0 saturated carbocycles. The Labute approximate surface area is 86.5 Å². The number of carbonyl (C=O) groups excluding carboxylic acids is 1. The third-order valence-corrected chi connectivity index (χ3v) is 1.99. The van der Waals surface area contributed by atoms with Crippen molar-refractivity contribution in [3.05, 3.63) is 29.6 Å². The van der Waals surface area contributed by atoms with E-state index in [-0.39, 0.29) is 17.7 Å². The summed E-state index contributed by atoms with van der Waals surface area (Å²) in [5.41, 5.74) is 5.76. The largest absolute Gasteiger partial charge is 0.508 e. The maximum Gasteiger partial charge on any atom is 0.322 e. The second-order valence-corrected chi connectivity index (χ2v) is 3.11. The van der Waals surface area contributed by atoms with Crippen molar-refractivity contribution in [3.63, 3.8) is 0 Å². The number of hydrogen-bond acceptors (Lipinski definition) is 4. The highest BCUT2D eigenvalue weighted by atomic mass is 19.1. The first kappa shape index (κ1) is 11.5. The van der Waals surface area contributed by atoms with Crippen LogP contribution in [0.4, 0.5) is 4.39 Å². The van der Waals surface area contributed by atoms with Crippen molar-refractivity contribution in [2.24, 2.45) is 5.73 Å². The molecule has 0 aliphatic rings. The van der Waals surface area contributed by atoms with E-state index in [0.29, 0.717) is 0 Å². The summed E-state index contributed by atoms with van der Waals surface area (Å²) in [4.78, 5) is 11.0. The number of esters is 1. The second-order valence-electron chi connectivity index (χ2n) is 3.11. The molecule has 0 amide bonds. The molecule has 3 N–H and O–H groups in total. The van der Waals surface area contributed by atoms with E-state index < -0.39 is 17.8 Å². The predicted molar refractivity (Wildman–Crippen MR) is 51.8 cm³/mol. The summed E-state index contributed by atoms with van der Waals surface area (Å²) < 4.78 is 17.2. The highest BCUT2D eigenvalue weighted by Crippen LogP contribution is 2.19. The number of carbonyl (C=O) groups is 1. The van der Waals surface area contributed by atoms with Gasteiger partial charge in [-0.15, -0.1) is 0 Å². The summed E-state index contributed by atoms with van der Waals surface area (Å²) in [7, 11) is 1.22. The van der Waals surface area contributed by atoms with Crippen LogP contribution in [0.3, 0.4) is 0 Å². The maximum absolute atomic E-state index is 12.8. The molecule has 15 heavy (non-hydrogen) atoms. The fraction of sp³-hybridized carbons (Fsp3) is 0.300. The van der Waals surface area contributed by atoms with E-state index in [4.69, 9.17) is 5.73 Å². The van der Waals surface area contributed by atoms with Gasteiger partial charge in [0.25, 0.3) is 0 Å². The maximum atomic E-state index is 12.8. The molecule has 1 aromatic rings. The average Bonchev–Trinajstić information content (AvgIpc) is 2.22. The van der Waals surface area contributed by atoms with Gasteiger partial charge in [-0.05, 0) is 23.8 Å². The Kier molecular flexibility index (Phi) is 3.62. The quantitative estimate of drug-likeness (QED) is 0.720. The Morgan fingerprint density at radius 1 is 1.67 bits per heavy atom. The van der Waals surface area contributed by atoms with Gasteiger partial charge in [0.1, 0.15) is 17.6 Å². The monoisotopic (exact) mass is 213 g/mol. The molecule has 5 heteroatoms. The minimum atomic E-state index is -0.900. The summed E-state index contributed by atoms with van der Waals surface area (Å²) in [6.07, 6.45) is 0.0380. The number of halogens is 1. The molecule has 1 atom stereocenters. The number of benzene rings is 1. The number of hydrogen-bond donors (Lipinski definition) is 2. The lowest BCUT2D eigenvalue weighted by Gasteiger charge is -2.10. The molecule has 0 radical (unpaired) electrons. The van der Waals surface area contributed by atoms with Crippen LogP contribution in [0.1, 0.15) is 5.56 Å². The van der Waals surface area contributed by atoms with Crippen LogP contribution in [0.2, 0.25) is 0 Å². The second kappa shape index (κ2) is 4.75. The van der Waals surface area contributed by atoms with Crippen molar-refractivity contribution in [1.82, 2.24) is 0 Å². The first-order valence-electron chi connectivity index (χ1n) is 4.35. The number of phenols is 1. The SMILES string of the molecule is COC(=O)[C@H](N)Cc1cc(F)ccc1O. The lowest BCUT2D eigenvalue weighted by atomic mass is 10.1. The zero-order valence-electron chi connectivity index (χ0n) is 8.24. The zero-order valence-corrected chi connectivity index (χ0v) is 8.24. The first-order valence-corrected chi connectivity index (χ1v) is 4.35. The zero-order chi connectivity index (χ0) is 11.4. The van der Waals surface area contributed by atoms with Crippen LogP contribution in [0, 0.1) is 5.82 Å². The smallest absolute Gasteiger partial charge is 0.322 e. The lowest BCUT2D eigenvalue weighted by molar-refractivity contribution is -0.142. The number of aromatic hydroxyl groups is 1. The molecule has 4 nitrogen and oxygen atoms in total. The molecule has 0 spiro atoms. The molecule has 0 aliphatic carbocycles. The van der Waals surface area contributed by atoms with Crippen LogP contribution < -0.4 is 5.73 Å². The van der Waals surface area contributed by atoms with Crippen LogP contribution in [0.15, 0.2) is 18.2 Å². The van der Waals surface area contributed by atoms with Crippen molar-refractivity contribution < 1.29 is 19.0 Å². The summed E-state index contributed by atoms with van der Waals surface area (Å²) >= 11 is 0. The van der Waals surface area contributed by atoms with Crippen molar-refractivity contribution in [2.45, 2.75) is 12.5 Å². The summed E-state index contributed by atoms with van der Waals surface area (Å²) in [5.74, 6) is -1.17. The van der Waals surface area contributed by atoms with E-state index in [1.165, 1.54) is 13.2 Å². The normalized spacial score (nSPS) is 12.2. The number of nitrogens with two attached hydrogens (primary N) is 1. The Balaban J connectivity index is 2.80. The summed E-state index contributed by atoms with van der Waals surface area (Å²) in [6, 6.07) is 2.58. The van der Waals surface area contributed by atoms with Gasteiger partial charge in [0, 0.05) is 6.42 Å². The van der Waals surface area contributed by atoms with E-state index in [2.05, 4.69) is 4.74 Å². The van der Waals surface area contributed by atoms with Gasteiger partial charge < -0.3 is 15.6 Å². The van der Waals surface area contributed by atoms with Gasteiger partial charge >= 0.3 is 5.97 Å². The van der Waals surface area contributed by atoms with Gasteiger partial charge in [-0.2, -0.15) is 0 Å². The van der Waals surface area contributed by atoms with Gasteiger partial charge in [0.2, 0.25) is 0 Å². The fourth-order valence-corrected chi connectivity index (χ4v) is 1.19. The minimum Gasteiger partial charge on any atom is -0.508 e. The number of rotatable bonds is 3. The molecule has 0 fully saturated rings.